The lowest BCUT2D eigenvalue weighted by molar-refractivity contribution is 0.677. The van der Waals surface area contributed by atoms with Crippen LogP contribution in [0.3, 0.4) is 0 Å². The molecule has 0 saturated heterocycles. The van der Waals surface area contributed by atoms with Crippen molar-refractivity contribution in [1.29, 1.82) is 0 Å². The second-order valence-electron chi connectivity index (χ2n) is 2.83. The molecule has 0 aromatic rings. The molecule has 0 aromatic carbocycles. The van der Waals surface area contributed by atoms with Crippen molar-refractivity contribution in [2.75, 3.05) is 0 Å². The molecule has 1 saturated carbocycles. The number of rotatable bonds is 0. The van der Waals surface area contributed by atoms with Crippen molar-refractivity contribution in [3.8, 4) is 0 Å². The molecule has 1 aliphatic carbocycles. The van der Waals surface area contributed by atoms with Gasteiger partial charge in [0.2, 0.25) is 0 Å². The van der Waals surface area contributed by atoms with Gasteiger partial charge in [-0.25, -0.2) is 0 Å². The lowest BCUT2D eigenvalue weighted by Gasteiger charge is -2.16. The molecule has 0 nitrogen and oxygen atoms in total. The molecule has 0 spiro atoms. The summed E-state index contributed by atoms with van der Waals surface area (Å²) in [7, 11) is 0. The molecule has 0 atom stereocenters. The Bertz CT molecular complexity index is 141. The van der Waals surface area contributed by atoms with Gasteiger partial charge in [0.15, 0.2) is 0 Å². The Morgan fingerprint density at radius 2 is 1.30 bits per heavy atom. The zero-order valence-electron chi connectivity index (χ0n) is 6.98. The van der Waals surface area contributed by atoms with E-state index >= 15 is 0 Å². The third-order valence-corrected chi connectivity index (χ3v) is 2.25. The fourth-order valence-electron chi connectivity index (χ4n) is 1.61. The van der Waals surface area contributed by atoms with Gasteiger partial charge in [0.25, 0.3) is 0 Å². The van der Waals surface area contributed by atoms with E-state index in [4.69, 9.17) is 0 Å². The van der Waals surface area contributed by atoms with Crippen LogP contribution in [0.2, 0.25) is 0 Å². The smallest absolute Gasteiger partial charge is 0.0279 e. The van der Waals surface area contributed by atoms with Crippen molar-refractivity contribution in [1.82, 2.24) is 0 Å². The van der Waals surface area contributed by atoms with Crippen molar-refractivity contribution in [2.24, 2.45) is 0 Å². The number of hydrogen-bond donors (Lipinski definition) is 0. The highest BCUT2D eigenvalue weighted by Crippen LogP contribution is 2.27. The van der Waals surface area contributed by atoms with Gasteiger partial charge in [0, 0.05) is 0 Å². The van der Waals surface area contributed by atoms with Crippen LogP contribution >= 0.6 is 0 Å². The second-order valence-corrected chi connectivity index (χ2v) is 2.83. The molecule has 1 fully saturated rings. The minimum atomic E-state index is 1.30. The lowest BCUT2D eigenvalue weighted by Crippen LogP contribution is -1.97. The summed E-state index contributed by atoms with van der Waals surface area (Å²) in [5, 5.41) is 0. The van der Waals surface area contributed by atoms with Crippen LogP contribution in [0.1, 0.15) is 39.5 Å². The largest absolute Gasteiger partial charge is 0.0842 e. The van der Waals surface area contributed by atoms with Crippen LogP contribution in [0.25, 0.3) is 0 Å². The van der Waals surface area contributed by atoms with E-state index in [0.29, 0.717) is 0 Å². The van der Waals surface area contributed by atoms with Crippen molar-refractivity contribution in [3.63, 3.8) is 0 Å². The van der Waals surface area contributed by atoms with E-state index < -0.39 is 0 Å². The highest BCUT2D eigenvalue weighted by atomic mass is 14.1. The third kappa shape index (κ3) is 1.50. The summed E-state index contributed by atoms with van der Waals surface area (Å²) in [5.74, 6) is 0. The highest BCUT2D eigenvalue weighted by Gasteiger charge is 2.08. The Kier molecular flexibility index (Phi) is 2.73. The van der Waals surface area contributed by atoms with Crippen LogP contribution in [0, 0.1) is 0 Å². The molecule has 0 amide bonds. The van der Waals surface area contributed by atoms with E-state index in [1.807, 2.05) is 0 Å². The molecule has 56 valence electrons. The first kappa shape index (κ1) is 7.59. The molecule has 0 radical (unpaired) electrons. The van der Waals surface area contributed by atoms with Gasteiger partial charge in [-0.2, -0.15) is 0 Å². The number of allylic oxidation sites excluding steroid dienone is 4. The molecule has 0 aliphatic heterocycles. The molecule has 1 rings (SSSR count). The van der Waals surface area contributed by atoms with E-state index in [0.717, 1.165) is 0 Å². The minimum Gasteiger partial charge on any atom is -0.0842 e. The fraction of sp³-hybridized carbons (Fsp3) is 0.600. The molecule has 0 unspecified atom stereocenters. The molecule has 0 N–H and O–H groups in total. The Morgan fingerprint density at radius 3 is 1.60 bits per heavy atom. The summed E-state index contributed by atoms with van der Waals surface area (Å²) in [6, 6.07) is 0. The Morgan fingerprint density at radius 1 is 0.900 bits per heavy atom. The third-order valence-electron chi connectivity index (χ3n) is 2.25. The van der Waals surface area contributed by atoms with Crippen LogP contribution in [-0.2, 0) is 0 Å². The summed E-state index contributed by atoms with van der Waals surface area (Å²) >= 11 is 0. The normalized spacial score (nSPS) is 27.8. The van der Waals surface area contributed by atoms with Gasteiger partial charge < -0.3 is 0 Å². The molecule has 0 aromatic heterocycles. The quantitative estimate of drug-likeness (QED) is 0.478. The van der Waals surface area contributed by atoms with E-state index in [1.54, 1.807) is 11.1 Å². The van der Waals surface area contributed by atoms with Crippen LogP contribution in [0.4, 0.5) is 0 Å². The van der Waals surface area contributed by atoms with Crippen molar-refractivity contribution in [3.05, 3.63) is 23.3 Å². The molecule has 0 heterocycles. The highest BCUT2D eigenvalue weighted by molar-refractivity contribution is 5.31. The van der Waals surface area contributed by atoms with E-state index in [9.17, 15) is 0 Å². The lowest BCUT2D eigenvalue weighted by atomic mass is 9.89. The van der Waals surface area contributed by atoms with Gasteiger partial charge in [-0.1, -0.05) is 12.2 Å². The summed E-state index contributed by atoms with van der Waals surface area (Å²) < 4.78 is 0. The first-order valence-corrected chi connectivity index (χ1v) is 4.19. The maximum atomic E-state index is 2.26. The van der Waals surface area contributed by atoms with Crippen molar-refractivity contribution < 1.29 is 0 Å². The van der Waals surface area contributed by atoms with Gasteiger partial charge in [-0.05, 0) is 50.7 Å². The van der Waals surface area contributed by atoms with Crippen LogP contribution in [-0.4, -0.2) is 0 Å². The van der Waals surface area contributed by atoms with Gasteiger partial charge in [0.05, 0.1) is 0 Å². The summed E-state index contributed by atoms with van der Waals surface area (Å²) in [6.45, 7) is 4.29. The SMILES string of the molecule is CC=C1CCCCC1=CC. The standard InChI is InChI=1S/C10H16/c1-3-9-7-5-6-8-10(9)4-2/h3-4H,5-8H2,1-2H3. The predicted molar refractivity (Wildman–Crippen MR) is 46.0 cm³/mol. The van der Waals surface area contributed by atoms with Crippen LogP contribution < -0.4 is 0 Å². The average Bonchev–Trinajstić information content (AvgIpc) is 2.04. The molecule has 10 heavy (non-hydrogen) atoms. The van der Waals surface area contributed by atoms with Gasteiger partial charge in [-0.3, -0.25) is 0 Å². The summed E-state index contributed by atoms with van der Waals surface area (Å²) in [4.78, 5) is 0. The molecule has 1 aliphatic rings. The van der Waals surface area contributed by atoms with E-state index in [2.05, 4.69) is 26.0 Å². The van der Waals surface area contributed by atoms with Crippen LogP contribution in [0.5, 0.6) is 0 Å². The van der Waals surface area contributed by atoms with Crippen molar-refractivity contribution >= 4 is 0 Å². The topological polar surface area (TPSA) is 0 Å². The molecule has 0 bridgehead atoms. The monoisotopic (exact) mass is 136 g/mol. The van der Waals surface area contributed by atoms with Gasteiger partial charge >= 0.3 is 0 Å². The molecular formula is C10H16. The van der Waals surface area contributed by atoms with Gasteiger partial charge in [0.1, 0.15) is 0 Å². The van der Waals surface area contributed by atoms with E-state index in [-0.39, 0.29) is 0 Å². The van der Waals surface area contributed by atoms with Crippen LogP contribution in [0.15, 0.2) is 23.3 Å². The first-order valence-electron chi connectivity index (χ1n) is 4.19. The molecule has 0 heteroatoms. The Labute approximate surface area is 63.6 Å². The Hall–Kier alpha value is -0.520. The van der Waals surface area contributed by atoms with Gasteiger partial charge in [-0.15, -0.1) is 0 Å². The van der Waals surface area contributed by atoms with E-state index in [1.165, 1.54) is 25.7 Å². The second kappa shape index (κ2) is 3.60. The zero-order valence-corrected chi connectivity index (χ0v) is 6.98. The van der Waals surface area contributed by atoms with Crippen molar-refractivity contribution in [2.45, 2.75) is 39.5 Å². The zero-order chi connectivity index (χ0) is 7.40. The summed E-state index contributed by atoms with van der Waals surface area (Å²) in [5.41, 5.74) is 3.16. The Balaban J connectivity index is 2.69. The molecular weight excluding hydrogens is 120 g/mol. The fourth-order valence-corrected chi connectivity index (χ4v) is 1.61. The minimum absolute atomic E-state index is 1.30. The first-order chi connectivity index (χ1) is 4.88. The predicted octanol–water partition coefficient (Wildman–Crippen LogP) is 3.45. The maximum Gasteiger partial charge on any atom is -0.0279 e. The summed E-state index contributed by atoms with van der Waals surface area (Å²) in [6.07, 6.45) is 9.89. The maximum absolute atomic E-state index is 2.26. The number of hydrogen-bond acceptors (Lipinski definition) is 0. The average molecular weight is 136 g/mol.